The second-order valence-electron chi connectivity index (χ2n) is 5.88. The average molecular weight is 331 g/mol. The Labute approximate surface area is 138 Å². The molecule has 3 heterocycles. The molecule has 1 aliphatic heterocycles. The predicted octanol–water partition coefficient (Wildman–Crippen LogP) is -0.521. The lowest BCUT2D eigenvalue weighted by molar-refractivity contribution is 0.269. The summed E-state index contributed by atoms with van der Waals surface area (Å²) in [5.41, 5.74) is -0.244. The number of aromatic nitrogens is 4. The summed E-state index contributed by atoms with van der Waals surface area (Å²) in [4.78, 5) is 35.5. The number of nitrogens with zero attached hydrogens (tertiary/aromatic N) is 6. The third kappa shape index (κ3) is 2.69. The van der Waals surface area contributed by atoms with Crippen molar-refractivity contribution in [3.05, 3.63) is 20.8 Å². The van der Waals surface area contributed by atoms with E-state index in [4.69, 9.17) is 5.26 Å². The van der Waals surface area contributed by atoms with Gasteiger partial charge in [-0.2, -0.15) is 10.2 Å². The Bertz CT molecular complexity index is 893. The molecule has 3 rings (SSSR count). The van der Waals surface area contributed by atoms with E-state index in [1.807, 2.05) is 0 Å². The fourth-order valence-electron chi connectivity index (χ4n) is 3.10. The largest absolute Gasteiger partial charge is 0.340 e. The summed E-state index contributed by atoms with van der Waals surface area (Å²) in [6.07, 6.45) is 0.273. The van der Waals surface area contributed by atoms with Gasteiger partial charge in [0, 0.05) is 39.8 Å². The highest BCUT2D eigenvalue weighted by molar-refractivity contribution is 5.74. The summed E-state index contributed by atoms with van der Waals surface area (Å²) in [5.74, 6) is 0.655. The minimum Gasteiger partial charge on any atom is -0.340 e. The van der Waals surface area contributed by atoms with E-state index in [1.165, 1.54) is 4.57 Å². The molecule has 0 spiro atoms. The van der Waals surface area contributed by atoms with Crippen LogP contribution in [0.25, 0.3) is 11.2 Å². The number of piperazine rings is 1. The molecule has 1 saturated heterocycles. The molecule has 0 saturated carbocycles. The van der Waals surface area contributed by atoms with E-state index >= 15 is 0 Å². The van der Waals surface area contributed by atoms with Crippen LogP contribution in [0.4, 0.5) is 5.95 Å². The van der Waals surface area contributed by atoms with E-state index in [0.717, 1.165) is 32.7 Å². The van der Waals surface area contributed by atoms with Gasteiger partial charge in [-0.05, 0) is 6.54 Å². The number of hydrogen-bond donors (Lipinski definition) is 1. The minimum atomic E-state index is -0.486. The molecule has 9 heteroatoms. The molecule has 0 radical (unpaired) electrons. The fourth-order valence-corrected chi connectivity index (χ4v) is 3.10. The van der Waals surface area contributed by atoms with Gasteiger partial charge in [0.2, 0.25) is 5.95 Å². The fraction of sp³-hybridized carbons (Fsp3) is 0.600. The van der Waals surface area contributed by atoms with Crippen molar-refractivity contribution in [2.75, 3.05) is 37.6 Å². The van der Waals surface area contributed by atoms with Crippen molar-refractivity contribution in [1.29, 1.82) is 5.26 Å². The molecule has 1 N–H and O–H groups in total. The van der Waals surface area contributed by atoms with Crippen molar-refractivity contribution >= 4 is 17.1 Å². The second-order valence-corrected chi connectivity index (χ2v) is 5.88. The maximum Gasteiger partial charge on any atom is 0.329 e. The summed E-state index contributed by atoms with van der Waals surface area (Å²) in [7, 11) is 1.58. The zero-order chi connectivity index (χ0) is 17.3. The topological polar surface area (TPSA) is 103 Å². The molecule has 0 aliphatic carbocycles. The minimum absolute atomic E-state index is 0.273. The van der Waals surface area contributed by atoms with Gasteiger partial charge in [0.1, 0.15) is 0 Å². The van der Waals surface area contributed by atoms with Crippen molar-refractivity contribution in [2.45, 2.75) is 19.9 Å². The van der Waals surface area contributed by atoms with Gasteiger partial charge in [-0.25, -0.2) is 4.79 Å². The molecule has 1 fully saturated rings. The normalized spacial score (nSPS) is 15.8. The highest BCUT2D eigenvalue weighted by Gasteiger charge is 2.24. The van der Waals surface area contributed by atoms with Gasteiger partial charge in [0.05, 0.1) is 12.5 Å². The van der Waals surface area contributed by atoms with Gasteiger partial charge in [-0.3, -0.25) is 14.3 Å². The van der Waals surface area contributed by atoms with E-state index in [-0.39, 0.29) is 6.42 Å². The van der Waals surface area contributed by atoms with E-state index in [9.17, 15) is 9.59 Å². The molecule has 24 heavy (non-hydrogen) atoms. The van der Waals surface area contributed by atoms with Gasteiger partial charge >= 0.3 is 5.69 Å². The molecule has 128 valence electrons. The van der Waals surface area contributed by atoms with Crippen LogP contribution in [0.1, 0.15) is 13.3 Å². The maximum absolute atomic E-state index is 12.3. The van der Waals surface area contributed by atoms with Crippen LogP contribution in [0.3, 0.4) is 0 Å². The SMILES string of the molecule is CCN1CCN(c2nc3c(c(=O)[nH]c(=O)n3C)n2CCC#N)CC1. The van der Waals surface area contributed by atoms with Crippen LogP contribution in [0.15, 0.2) is 9.59 Å². The van der Waals surface area contributed by atoms with Gasteiger partial charge in [-0.15, -0.1) is 0 Å². The number of likely N-dealkylation sites (N-methyl/N-ethyl adjacent to an activating group) is 1. The molecule has 1 aliphatic rings. The van der Waals surface area contributed by atoms with Crippen molar-refractivity contribution in [1.82, 2.24) is 24.0 Å². The molecular formula is C15H21N7O2. The zero-order valence-electron chi connectivity index (χ0n) is 13.9. The second kappa shape index (κ2) is 6.49. The first kappa shape index (κ1) is 16.3. The quantitative estimate of drug-likeness (QED) is 0.808. The van der Waals surface area contributed by atoms with Crippen molar-refractivity contribution < 1.29 is 0 Å². The highest BCUT2D eigenvalue weighted by atomic mass is 16.2. The Morgan fingerprint density at radius 1 is 1.25 bits per heavy atom. The number of aryl methyl sites for hydroxylation is 2. The van der Waals surface area contributed by atoms with Crippen LogP contribution in [0.5, 0.6) is 0 Å². The van der Waals surface area contributed by atoms with Crippen LogP contribution in [-0.4, -0.2) is 56.7 Å². The van der Waals surface area contributed by atoms with E-state index in [2.05, 4.69) is 32.8 Å². The van der Waals surface area contributed by atoms with E-state index < -0.39 is 11.2 Å². The summed E-state index contributed by atoms with van der Waals surface area (Å²) in [6.45, 7) is 6.96. The summed E-state index contributed by atoms with van der Waals surface area (Å²) in [6, 6.07) is 2.11. The maximum atomic E-state index is 12.3. The lowest BCUT2D eigenvalue weighted by Gasteiger charge is -2.34. The van der Waals surface area contributed by atoms with Crippen molar-refractivity contribution in [3.63, 3.8) is 0 Å². The van der Waals surface area contributed by atoms with Crippen molar-refractivity contribution in [2.24, 2.45) is 7.05 Å². The number of imidazole rings is 1. The average Bonchev–Trinajstić information content (AvgIpc) is 2.98. The van der Waals surface area contributed by atoms with Gasteiger partial charge in [0.15, 0.2) is 11.2 Å². The lowest BCUT2D eigenvalue weighted by Crippen LogP contribution is -2.47. The van der Waals surface area contributed by atoms with Crippen LogP contribution >= 0.6 is 0 Å². The standard InChI is InChI=1S/C15H21N7O2/c1-3-20-7-9-21(10-8-20)14-17-12-11(22(14)6-4-5-16)13(23)18-15(24)19(12)2/h3-4,6-10H2,1-2H3,(H,18,23,24). The van der Waals surface area contributed by atoms with Crippen LogP contribution in [0.2, 0.25) is 0 Å². The van der Waals surface area contributed by atoms with Gasteiger partial charge in [-0.1, -0.05) is 6.92 Å². The number of fused-ring (bicyclic) bond motifs is 1. The Morgan fingerprint density at radius 2 is 1.96 bits per heavy atom. The number of anilines is 1. The summed E-state index contributed by atoms with van der Waals surface area (Å²) in [5, 5.41) is 8.93. The molecule has 9 nitrogen and oxygen atoms in total. The predicted molar refractivity (Wildman–Crippen MR) is 90.2 cm³/mol. The van der Waals surface area contributed by atoms with E-state index in [0.29, 0.717) is 23.7 Å². The number of hydrogen-bond acceptors (Lipinski definition) is 6. The first-order valence-electron chi connectivity index (χ1n) is 8.10. The number of nitrogens with one attached hydrogen (secondary N) is 1. The summed E-state index contributed by atoms with van der Waals surface area (Å²) < 4.78 is 3.10. The highest BCUT2D eigenvalue weighted by Crippen LogP contribution is 2.21. The summed E-state index contributed by atoms with van der Waals surface area (Å²) >= 11 is 0. The monoisotopic (exact) mass is 331 g/mol. The van der Waals surface area contributed by atoms with Crippen LogP contribution in [-0.2, 0) is 13.6 Å². The Morgan fingerprint density at radius 3 is 2.58 bits per heavy atom. The zero-order valence-corrected chi connectivity index (χ0v) is 13.9. The third-order valence-electron chi connectivity index (χ3n) is 4.54. The van der Waals surface area contributed by atoms with Gasteiger partial charge < -0.3 is 14.4 Å². The number of rotatable bonds is 4. The molecular weight excluding hydrogens is 310 g/mol. The third-order valence-corrected chi connectivity index (χ3v) is 4.54. The molecule has 2 aromatic rings. The molecule has 0 bridgehead atoms. The number of H-pyrrole nitrogens is 1. The van der Waals surface area contributed by atoms with Crippen molar-refractivity contribution in [3.8, 4) is 6.07 Å². The first-order valence-corrected chi connectivity index (χ1v) is 8.10. The first-order chi connectivity index (χ1) is 11.6. The molecule has 0 unspecified atom stereocenters. The number of nitriles is 1. The molecule has 0 aromatic carbocycles. The molecule has 0 atom stereocenters. The Balaban J connectivity index is 2.11. The smallest absolute Gasteiger partial charge is 0.329 e. The molecule has 2 aromatic heterocycles. The Hall–Kier alpha value is -2.60. The van der Waals surface area contributed by atoms with Crippen LogP contribution in [0, 0.1) is 11.3 Å². The van der Waals surface area contributed by atoms with Gasteiger partial charge in [0.25, 0.3) is 5.56 Å². The molecule has 0 amide bonds. The van der Waals surface area contributed by atoms with E-state index in [1.54, 1.807) is 11.6 Å². The lowest BCUT2D eigenvalue weighted by atomic mass is 10.3. The Kier molecular flexibility index (Phi) is 4.40. The van der Waals surface area contributed by atoms with Crippen LogP contribution < -0.4 is 16.1 Å². The number of aromatic amines is 1.